The summed E-state index contributed by atoms with van der Waals surface area (Å²) in [7, 11) is 0. The number of carbonyl (C=O) groups excluding carboxylic acids is 1. The van der Waals surface area contributed by atoms with E-state index in [4.69, 9.17) is 0 Å². The Balaban J connectivity index is 2.19. The van der Waals surface area contributed by atoms with Crippen molar-refractivity contribution in [3.63, 3.8) is 0 Å². The highest BCUT2D eigenvalue weighted by atomic mass is 32.2. The molecule has 4 heteroatoms. The first-order valence-corrected chi connectivity index (χ1v) is 3.07. The fourth-order valence-electron chi connectivity index (χ4n) is 0.413. The Labute approximate surface area is 51.5 Å². The largest absolute Gasteiger partial charge is 0.362 e. The fraction of sp³-hybridized carbons (Fsp3) is 0.250. The van der Waals surface area contributed by atoms with E-state index in [1.165, 1.54) is 11.8 Å². The highest BCUT2D eigenvalue weighted by Crippen LogP contribution is 2.10. The molecule has 43 valence electrons. The molecule has 3 nitrogen and oxygen atoms in total. The molecule has 0 aromatic rings. The Morgan fingerprint density at radius 1 is 1.88 bits per heavy atom. The molecule has 1 aliphatic rings. The van der Waals surface area contributed by atoms with Gasteiger partial charge in [-0.05, 0) is 5.41 Å². The third-order valence-corrected chi connectivity index (χ3v) is 1.54. The van der Waals surface area contributed by atoms with E-state index in [2.05, 4.69) is 10.6 Å². The Morgan fingerprint density at radius 2 is 2.75 bits per heavy atom. The van der Waals surface area contributed by atoms with Crippen LogP contribution >= 0.6 is 11.8 Å². The van der Waals surface area contributed by atoms with E-state index in [0.29, 0.717) is 0 Å². The molecule has 1 heterocycles. The van der Waals surface area contributed by atoms with E-state index < -0.39 is 0 Å². The van der Waals surface area contributed by atoms with Crippen LogP contribution in [0.25, 0.3) is 0 Å². The lowest BCUT2D eigenvalue weighted by Crippen LogP contribution is -2.32. The quantitative estimate of drug-likeness (QED) is 0.504. The maximum atomic E-state index is 9.64. The Hall–Kier alpha value is -0.640. The molecule has 1 atom stereocenters. The molecule has 1 amide bonds. The zero-order valence-corrected chi connectivity index (χ0v) is 4.87. The summed E-state index contributed by atoms with van der Waals surface area (Å²) in [6.07, 6.45) is 3.36. The van der Waals surface area contributed by atoms with E-state index in [0.717, 1.165) is 0 Å². The Kier molecular flexibility index (Phi) is 1.80. The van der Waals surface area contributed by atoms with Gasteiger partial charge in [0.05, 0.1) is 0 Å². The van der Waals surface area contributed by atoms with Gasteiger partial charge >= 0.3 is 6.41 Å². The average molecular weight is 129 g/mol. The summed E-state index contributed by atoms with van der Waals surface area (Å²) < 4.78 is 0. The minimum atomic E-state index is -0.00694. The molecule has 0 fully saturated rings. The first-order chi connectivity index (χ1) is 3.93. The molecule has 1 rings (SSSR count). The third kappa shape index (κ3) is 1.16. The van der Waals surface area contributed by atoms with Gasteiger partial charge in [-0.2, -0.15) is 0 Å². The van der Waals surface area contributed by atoms with Crippen LogP contribution in [0.4, 0.5) is 0 Å². The molecule has 0 aliphatic carbocycles. The first-order valence-electron chi connectivity index (χ1n) is 2.12. The second kappa shape index (κ2) is 2.61. The number of hydrogen-bond donors (Lipinski definition) is 2. The van der Waals surface area contributed by atoms with Gasteiger partial charge in [-0.1, -0.05) is 11.8 Å². The fourth-order valence-corrected chi connectivity index (χ4v) is 1.00. The van der Waals surface area contributed by atoms with Crippen molar-refractivity contribution in [2.75, 3.05) is 0 Å². The predicted molar refractivity (Wildman–Crippen MR) is 32.5 cm³/mol. The van der Waals surface area contributed by atoms with Crippen LogP contribution in [0.3, 0.4) is 0 Å². The lowest BCUT2D eigenvalue weighted by Gasteiger charge is -2.04. The van der Waals surface area contributed by atoms with E-state index in [1.54, 1.807) is 12.6 Å². The van der Waals surface area contributed by atoms with E-state index in [-0.39, 0.29) is 5.50 Å². The minimum absolute atomic E-state index is 0.00694. The van der Waals surface area contributed by atoms with E-state index in [9.17, 15) is 4.79 Å². The summed E-state index contributed by atoms with van der Waals surface area (Å²) >= 11 is 1.50. The molecule has 1 aliphatic heterocycles. The number of thioether (sulfide) groups is 1. The van der Waals surface area contributed by atoms with Crippen molar-refractivity contribution < 1.29 is 4.79 Å². The highest BCUT2D eigenvalue weighted by molar-refractivity contribution is 8.02. The van der Waals surface area contributed by atoms with Gasteiger partial charge in [0.2, 0.25) is 0 Å². The molecular weight excluding hydrogens is 124 g/mol. The molecule has 0 aromatic heterocycles. The molecule has 0 saturated carbocycles. The van der Waals surface area contributed by atoms with Gasteiger partial charge in [-0.3, -0.25) is 4.79 Å². The van der Waals surface area contributed by atoms with Crippen LogP contribution < -0.4 is 10.6 Å². The van der Waals surface area contributed by atoms with Gasteiger partial charge in [0.25, 0.3) is 0 Å². The van der Waals surface area contributed by atoms with Crippen molar-refractivity contribution in [3.05, 3.63) is 11.6 Å². The smallest absolute Gasteiger partial charge is 0.311 e. The molecule has 0 bridgehead atoms. The molecule has 0 aromatic carbocycles. The lowest BCUT2D eigenvalue weighted by molar-refractivity contribution is 0.536. The lowest BCUT2D eigenvalue weighted by atomic mass is 10.9. The summed E-state index contributed by atoms with van der Waals surface area (Å²) in [5.74, 6) is 0. The molecule has 0 saturated heterocycles. The van der Waals surface area contributed by atoms with Gasteiger partial charge in [-0.15, -0.1) is 0 Å². The van der Waals surface area contributed by atoms with Crippen LogP contribution in [0, 0.1) is 0 Å². The zero-order chi connectivity index (χ0) is 5.82. The predicted octanol–water partition coefficient (Wildman–Crippen LogP) is -0.266. The molecule has 1 radical (unpaired) electrons. The molecule has 1 unspecified atom stereocenters. The zero-order valence-electron chi connectivity index (χ0n) is 4.05. The summed E-state index contributed by atoms with van der Waals surface area (Å²) in [5, 5.41) is 7.16. The average Bonchev–Trinajstić information content (AvgIpc) is 2.19. The molecule has 8 heavy (non-hydrogen) atoms. The standard InChI is InChI=1S/C4H5N2OS/c7-3-6-4-5-1-2-8-4/h1-2,4-5H,(H,6,7). The summed E-state index contributed by atoms with van der Waals surface area (Å²) in [6, 6.07) is 0. The van der Waals surface area contributed by atoms with Crippen LogP contribution in [0.15, 0.2) is 11.6 Å². The van der Waals surface area contributed by atoms with Crippen molar-refractivity contribution in [2.45, 2.75) is 5.50 Å². The van der Waals surface area contributed by atoms with Gasteiger partial charge in [-0.25, -0.2) is 0 Å². The van der Waals surface area contributed by atoms with Crippen molar-refractivity contribution in [1.29, 1.82) is 0 Å². The van der Waals surface area contributed by atoms with Gasteiger partial charge < -0.3 is 10.6 Å². The van der Waals surface area contributed by atoms with Crippen LogP contribution in [0.5, 0.6) is 0 Å². The van der Waals surface area contributed by atoms with Crippen molar-refractivity contribution in [1.82, 2.24) is 10.6 Å². The third-order valence-electron chi connectivity index (χ3n) is 0.720. The van der Waals surface area contributed by atoms with Crippen molar-refractivity contribution in [2.24, 2.45) is 0 Å². The minimum Gasteiger partial charge on any atom is -0.362 e. The van der Waals surface area contributed by atoms with Gasteiger partial charge in [0.1, 0.15) is 0 Å². The maximum Gasteiger partial charge on any atom is 0.311 e. The van der Waals surface area contributed by atoms with Crippen LogP contribution in [0.1, 0.15) is 0 Å². The molecule has 0 spiro atoms. The van der Waals surface area contributed by atoms with Crippen molar-refractivity contribution >= 4 is 18.2 Å². The SMILES string of the molecule is O=[C]NC1NC=CS1. The Bertz CT molecular complexity index is 107. The highest BCUT2D eigenvalue weighted by Gasteiger charge is 2.05. The summed E-state index contributed by atoms with van der Waals surface area (Å²) in [6.45, 7) is 0. The summed E-state index contributed by atoms with van der Waals surface area (Å²) in [5.41, 5.74) is -0.00694. The van der Waals surface area contributed by atoms with Crippen LogP contribution in [-0.2, 0) is 4.79 Å². The maximum absolute atomic E-state index is 9.64. The van der Waals surface area contributed by atoms with Crippen LogP contribution in [0.2, 0.25) is 0 Å². The van der Waals surface area contributed by atoms with E-state index in [1.807, 2.05) is 5.41 Å². The molecular formula is C4H5N2OS. The number of hydrogen-bond acceptors (Lipinski definition) is 3. The van der Waals surface area contributed by atoms with Gasteiger partial charge in [0, 0.05) is 6.20 Å². The number of nitrogens with one attached hydrogen (secondary N) is 2. The number of rotatable bonds is 2. The van der Waals surface area contributed by atoms with Crippen molar-refractivity contribution in [3.8, 4) is 0 Å². The number of amides is 1. The topological polar surface area (TPSA) is 41.1 Å². The monoisotopic (exact) mass is 129 g/mol. The van der Waals surface area contributed by atoms with Crippen LogP contribution in [-0.4, -0.2) is 11.9 Å². The second-order valence-corrected chi connectivity index (χ2v) is 2.25. The normalized spacial score (nSPS) is 24.8. The Morgan fingerprint density at radius 3 is 3.25 bits per heavy atom. The van der Waals surface area contributed by atoms with E-state index >= 15 is 0 Å². The molecule has 2 N–H and O–H groups in total. The van der Waals surface area contributed by atoms with Gasteiger partial charge in [0.15, 0.2) is 5.50 Å². The summed E-state index contributed by atoms with van der Waals surface area (Å²) in [4.78, 5) is 9.64. The second-order valence-electron chi connectivity index (χ2n) is 1.23. The first kappa shape index (κ1) is 5.50.